The van der Waals surface area contributed by atoms with Crippen LogP contribution in [0.25, 0.3) is 11.4 Å². The number of likely N-dealkylation sites (N-methyl/N-ethyl adjacent to an activating group) is 1. The van der Waals surface area contributed by atoms with Crippen LogP contribution in [0.15, 0.2) is 36.8 Å². The minimum absolute atomic E-state index is 0.179. The van der Waals surface area contributed by atoms with E-state index in [1.165, 1.54) is 13.2 Å². The molecule has 0 aliphatic heterocycles. The highest BCUT2D eigenvalue weighted by molar-refractivity contribution is 5.84. The fraction of sp³-hybridized carbons (Fsp3) is 0.444. The van der Waals surface area contributed by atoms with Crippen LogP contribution in [-0.2, 0) is 11.2 Å². The van der Waals surface area contributed by atoms with Gasteiger partial charge in [-0.15, -0.1) is 0 Å². The molecule has 3 heterocycles. The van der Waals surface area contributed by atoms with Crippen molar-refractivity contribution in [3.05, 3.63) is 59.2 Å². The summed E-state index contributed by atoms with van der Waals surface area (Å²) in [7, 11) is 1.41. The first-order valence-corrected chi connectivity index (χ1v) is 12.4. The van der Waals surface area contributed by atoms with Gasteiger partial charge in [0.25, 0.3) is 6.43 Å². The smallest absolute Gasteiger partial charge is 0.265 e. The van der Waals surface area contributed by atoms with Crippen LogP contribution in [0.3, 0.4) is 0 Å². The standard InChI is InChI=1S/C27H34F2N6O2/c1-6-8-10-19-13-21(26-30-11-9-12-31-26)18(4)34-25(19)33-16-35(7-2)27(36)17(3)20-14-23(37-5)32-15-22(20)24(28)29/h9,11-15,17,24H,6-8,10,16H2,1-5H3,(H,33,34)/t17-/m1/s1. The molecule has 1 N–H and O–H groups in total. The molecule has 3 rings (SSSR count). The molecule has 0 unspecified atom stereocenters. The summed E-state index contributed by atoms with van der Waals surface area (Å²) < 4.78 is 32.4. The zero-order chi connectivity index (χ0) is 26.9. The molecule has 8 nitrogen and oxygen atoms in total. The summed E-state index contributed by atoms with van der Waals surface area (Å²) in [5.74, 6) is 0.380. The monoisotopic (exact) mass is 512 g/mol. The summed E-state index contributed by atoms with van der Waals surface area (Å²) in [6.07, 6.45) is 4.51. The van der Waals surface area contributed by atoms with E-state index in [-0.39, 0.29) is 29.6 Å². The number of carbonyl (C=O) groups is 1. The van der Waals surface area contributed by atoms with Crippen molar-refractivity contribution < 1.29 is 18.3 Å². The third-order valence-corrected chi connectivity index (χ3v) is 6.25. The van der Waals surface area contributed by atoms with Crippen molar-refractivity contribution in [3.63, 3.8) is 0 Å². The molecule has 0 saturated carbocycles. The minimum Gasteiger partial charge on any atom is -0.481 e. The highest BCUT2D eigenvalue weighted by Gasteiger charge is 2.27. The lowest BCUT2D eigenvalue weighted by Gasteiger charge is -2.27. The molecular weight excluding hydrogens is 478 g/mol. The van der Waals surface area contributed by atoms with Crippen LogP contribution in [-0.4, -0.2) is 51.1 Å². The lowest BCUT2D eigenvalue weighted by Crippen LogP contribution is -2.38. The van der Waals surface area contributed by atoms with Crippen LogP contribution in [0.5, 0.6) is 5.88 Å². The van der Waals surface area contributed by atoms with Crippen molar-refractivity contribution in [2.45, 2.75) is 59.3 Å². The van der Waals surface area contributed by atoms with Gasteiger partial charge in [-0.25, -0.2) is 28.7 Å². The third-order valence-electron chi connectivity index (χ3n) is 6.25. The largest absolute Gasteiger partial charge is 0.481 e. The number of carbonyl (C=O) groups excluding carboxylic acids is 1. The zero-order valence-electron chi connectivity index (χ0n) is 22.0. The van der Waals surface area contributed by atoms with E-state index in [4.69, 9.17) is 9.72 Å². The van der Waals surface area contributed by atoms with Gasteiger partial charge in [-0.3, -0.25) is 4.79 Å². The number of aryl methyl sites for hydroxylation is 2. The normalized spacial score (nSPS) is 11.9. The first-order chi connectivity index (χ1) is 17.8. The van der Waals surface area contributed by atoms with Crippen LogP contribution < -0.4 is 10.1 Å². The van der Waals surface area contributed by atoms with E-state index in [1.807, 2.05) is 13.8 Å². The van der Waals surface area contributed by atoms with E-state index in [2.05, 4.69) is 33.3 Å². The van der Waals surface area contributed by atoms with Crippen molar-refractivity contribution in [2.75, 3.05) is 25.6 Å². The molecule has 1 amide bonds. The molecule has 10 heteroatoms. The van der Waals surface area contributed by atoms with Crippen molar-refractivity contribution >= 4 is 11.7 Å². The van der Waals surface area contributed by atoms with Gasteiger partial charge in [-0.05, 0) is 56.9 Å². The lowest BCUT2D eigenvalue weighted by molar-refractivity contribution is -0.131. The fourth-order valence-corrected chi connectivity index (χ4v) is 4.08. The number of anilines is 1. The highest BCUT2D eigenvalue weighted by atomic mass is 19.3. The average Bonchev–Trinajstić information content (AvgIpc) is 2.92. The van der Waals surface area contributed by atoms with E-state index in [0.29, 0.717) is 18.2 Å². The summed E-state index contributed by atoms with van der Waals surface area (Å²) in [5.41, 5.74) is 2.56. The van der Waals surface area contributed by atoms with Gasteiger partial charge in [0, 0.05) is 42.3 Å². The lowest BCUT2D eigenvalue weighted by atomic mass is 9.96. The molecule has 0 aliphatic carbocycles. The van der Waals surface area contributed by atoms with Crippen LogP contribution in [0.1, 0.15) is 68.3 Å². The number of halogens is 2. The van der Waals surface area contributed by atoms with E-state index in [9.17, 15) is 13.6 Å². The van der Waals surface area contributed by atoms with Crippen LogP contribution >= 0.6 is 0 Å². The molecule has 0 aromatic carbocycles. The molecule has 0 bridgehead atoms. The Morgan fingerprint density at radius 3 is 2.49 bits per heavy atom. The Hall–Kier alpha value is -3.69. The van der Waals surface area contributed by atoms with Crippen LogP contribution in [0.4, 0.5) is 14.6 Å². The molecule has 3 aromatic rings. The van der Waals surface area contributed by atoms with Gasteiger partial charge in [0.2, 0.25) is 11.8 Å². The molecule has 0 saturated heterocycles. The van der Waals surface area contributed by atoms with Gasteiger partial charge in [-0.2, -0.15) is 0 Å². The number of aromatic nitrogens is 4. The van der Waals surface area contributed by atoms with E-state index >= 15 is 0 Å². The number of amides is 1. The quantitative estimate of drug-likeness (QED) is 0.318. The Labute approximate surface area is 216 Å². The molecule has 0 fully saturated rings. The Bertz CT molecular complexity index is 1190. The van der Waals surface area contributed by atoms with Gasteiger partial charge >= 0.3 is 0 Å². The van der Waals surface area contributed by atoms with Gasteiger partial charge < -0.3 is 15.0 Å². The van der Waals surface area contributed by atoms with Crippen molar-refractivity contribution in [1.82, 2.24) is 24.8 Å². The molecule has 0 spiro atoms. The summed E-state index contributed by atoms with van der Waals surface area (Å²) in [4.78, 5) is 32.3. The highest BCUT2D eigenvalue weighted by Crippen LogP contribution is 2.31. The predicted octanol–water partition coefficient (Wildman–Crippen LogP) is 5.55. The van der Waals surface area contributed by atoms with E-state index in [0.717, 1.165) is 42.3 Å². The number of hydrogen-bond acceptors (Lipinski definition) is 7. The number of methoxy groups -OCH3 is 1. The number of unbranched alkanes of at least 4 members (excludes halogenated alkanes) is 1. The summed E-state index contributed by atoms with van der Waals surface area (Å²) in [6, 6.07) is 5.22. The van der Waals surface area contributed by atoms with Gasteiger partial charge in [0.05, 0.1) is 25.4 Å². The number of pyridine rings is 2. The maximum Gasteiger partial charge on any atom is 0.265 e. The number of ether oxygens (including phenoxy) is 1. The summed E-state index contributed by atoms with van der Waals surface area (Å²) in [6.45, 7) is 8.06. The molecule has 0 radical (unpaired) electrons. The van der Waals surface area contributed by atoms with Crippen molar-refractivity contribution in [3.8, 4) is 17.3 Å². The Morgan fingerprint density at radius 1 is 1.14 bits per heavy atom. The maximum atomic E-state index is 13.6. The Kier molecular flexibility index (Phi) is 9.82. The van der Waals surface area contributed by atoms with Crippen molar-refractivity contribution in [2.24, 2.45) is 0 Å². The number of rotatable bonds is 12. The molecule has 3 aromatic heterocycles. The number of alkyl halides is 2. The summed E-state index contributed by atoms with van der Waals surface area (Å²) in [5, 5.41) is 3.31. The predicted molar refractivity (Wildman–Crippen MR) is 139 cm³/mol. The van der Waals surface area contributed by atoms with Gasteiger partial charge in [0.15, 0.2) is 5.82 Å². The Morgan fingerprint density at radius 2 is 1.86 bits per heavy atom. The Balaban J connectivity index is 1.84. The number of nitrogens with zero attached hydrogens (tertiary/aromatic N) is 5. The first-order valence-electron chi connectivity index (χ1n) is 12.4. The molecule has 1 atom stereocenters. The molecular formula is C27H34F2N6O2. The van der Waals surface area contributed by atoms with Gasteiger partial charge in [0.1, 0.15) is 5.82 Å². The second-order valence-electron chi connectivity index (χ2n) is 8.71. The average molecular weight is 513 g/mol. The van der Waals surface area contributed by atoms with Crippen LogP contribution in [0.2, 0.25) is 0 Å². The maximum absolute atomic E-state index is 13.6. The molecule has 0 aliphatic rings. The van der Waals surface area contributed by atoms with Crippen molar-refractivity contribution in [1.29, 1.82) is 0 Å². The minimum atomic E-state index is -2.75. The van der Waals surface area contributed by atoms with E-state index < -0.39 is 12.3 Å². The number of hydrogen-bond donors (Lipinski definition) is 1. The first kappa shape index (κ1) is 27.9. The SMILES string of the molecule is CCCCc1cc(-c2ncccn2)c(C)nc1NCN(CC)C(=O)[C@H](C)c1cc(OC)ncc1C(F)F. The topological polar surface area (TPSA) is 93.1 Å². The number of nitrogens with one attached hydrogen (secondary N) is 1. The van der Waals surface area contributed by atoms with Crippen LogP contribution in [0, 0.1) is 6.92 Å². The second kappa shape index (κ2) is 13.0. The van der Waals surface area contributed by atoms with Gasteiger partial charge in [-0.1, -0.05) is 13.3 Å². The fourth-order valence-electron chi connectivity index (χ4n) is 4.08. The zero-order valence-corrected chi connectivity index (χ0v) is 22.0. The molecule has 37 heavy (non-hydrogen) atoms. The summed E-state index contributed by atoms with van der Waals surface area (Å²) >= 11 is 0. The van der Waals surface area contributed by atoms with E-state index in [1.54, 1.807) is 30.3 Å². The molecule has 198 valence electrons. The second-order valence-corrected chi connectivity index (χ2v) is 8.71. The third kappa shape index (κ3) is 6.75.